The highest BCUT2D eigenvalue weighted by Gasteiger charge is 2.26. The van der Waals surface area contributed by atoms with Crippen LogP contribution in [0.25, 0.3) is 0 Å². The molecule has 0 radical (unpaired) electrons. The lowest BCUT2D eigenvalue weighted by Gasteiger charge is -2.20. The third-order valence-corrected chi connectivity index (χ3v) is 2.30. The Morgan fingerprint density at radius 2 is 1.87 bits per heavy atom. The fourth-order valence-electron chi connectivity index (χ4n) is 1.18. The first-order valence-electron chi connectivity index (χ1n) is 4.83. The van der Waals surface area contributed by atoms with Crippen LogP contribution < -0.4 is 0 Å². The van der Waals surface area contributed by atoms with Gasteiger partial charge in [0.2, 0.25) is 0 Å². The van der Waals surface area contributed by atoms with E-state index in [0.29, 0.717) is 19.7 Å². The number of halogens is 4. The lowest BCUT2D eigenvalue weighted by Crippen LogP contribution is -2.31. The van der Waals surface area contributed by atoms with E-state index in [1.54, 1.807) is 7.11 Å². The average Bonchev–Trinajstić information content (AvgIpc) is 2.12. The molecule has 0 saturated heterocycles. The Kier molecular flexibility index (Phi) is 8.46. The van der Waals surface area contributed by atoms with Gasteiger partial charge in [0.15, 0.2) is 0 Å². The van der Waals surface area contributed by atoms with Gasteiger partial charge in [-0.1, -0.05) is 15.9 Å². The number of hydrogen-bond acceptors (Lipinski definition) is 2. The molecule has 0 unspecified atom stereocenters. The summed E-state index contributed by atoms with van der Waals surface area (Å²) >= 11 is 3.27. The molecule has 0 aliphatic heterocycles. The summed E-state index contributed by atoms with van der Waals surface area (Å²) < 4.78 is 40.6. The van der Waals surface area contributed by atoms with Crippen LogP contribution in [0.2, 0.25) is 0 Å². The molecule has 92 valence electrons. The summed E-state index contributed by atoms with van der Waals surface area (Å²) in [7, 11) is 1.59. The van der Waals surface area contributed by atoms with Crippen LogP contribution in [-0.2, 0) is 4.74 Å². The SMILES string of the molecule is COCCN(CCBr)CCCC(F)(F)F. The lowest BCUT2D eigenvalue weighted by atomic mass is 10.3. The summed E-state index contributed by atoms with van der Waals surface area (Å²) in [6.45, 7) is 2.45. The molecule has 0 fully saturated rings. The highest BCUT2D eigenvalue weighted by molar-refractivity contribution is 9.09. The van der Waals surface area contributed by atoms with Gasteiger partial charge < -0.3 is 9.64 Å². The summed E-state index contributed by atoms with van der Waals surface area (Å²) in [4.78, 5) is 1.96. The molecule has 0 aromatic heterocycles. The minimum absolute atomic E-state index is 0.153. The van der Waals surface area contributed by atoms with Crippen LogP contribution in [0.4, 0.5) is 13.2 Å². The zero-order valence-electron chi connectivity index (χ0n) is 8.82. The predicted octanol–water partition coefficient (Wildman–Crippen LogP) is 2.67. The largest absolute Gasteiger partial charge is 0.389 e. The summed E-state index contributed by atoms with van der Waals surface area (Å²) in [5.74, 6) is 0. The fourth-order valence-corrected chi connectivity index (χ4v) is 1.68. The molecule has 0 heterocycles. The highest BCUT2D eigenvalue weighted by atomic mass is 79.9. The zero-order chi connectivity index (χ0) is 11.7. The van der Waals surface area contributed by atoms with Gasteiger partial charge >= 0.3 is 6.18 Å². The van der Waals surface area contributed by atoms with E-state index in [1.165, 1.54) is 0 Å². The molecule has 0 rings (SSSR count). The van der Waals surface area contributed by atoms with Crippen LogP contribution in [-0.4, -0.2) is 49.8 Å². The van der Waals surface area contributed by atoms with E-state index < -0.39 is 12.6 Å². The molecule has 2 nitrogen and oxygen atoms in total. The van der Waals surface area contributed by atoms with Gasteiger partial charge in [0.05, 0.1) is 6.61 Å². The number of ether oxygens (including phenoxy) is 1. The van der Waals surface area contributed by atoms with Gasteiger partial charge in [-0.3, -0.25) is 0 Å². The predicted molar refractivity (Wildman–Crippen MR) is 57.4 cm³/mol. The molecular formula is C9H17BrF3NO. The van der Waals surface area contributed by atoms with Crippen LogP contribution in [0.1, 0.15) is 12.8 Å². The third-order valence-electron chi connectivity index (χ3n) is 1.95. The van der Waals surface area contributed by atoms with E-state index >= 15 is 0 Å². The number of methoxy groups -OCH3 is 1. The van der Waals surface area contributed by atoms with Crippen molar-refractivity contribution in [2.24, 2.45) is 0 Å². The van der Waals surface area contributed by atoms with Gasteiger partial charge in [0.25, 0.3) is 0 Å². The van der Waals surface area contributed by atoms with E-state index in [9.17, 15) is 13.2 Å². The van der Waals surface area contributed by atoms with E-state index in [2.05, 4.69) is 15.9 Å². The molecular weight excluding hydrogens is 275 g/mol. The number of nitrogens with zero attached hydrogens (tertiary/aromatic N) is 1. The summed E-state index contributed by atoms with van der Waals surface area (Å²) in [5.41, 5.74) is 0. The maximum Gasteiger partial charge on any atom is 0.389 e. The van der Waals surface area contributed by atoms with Gasteiger partial charge in [-0.05, 0) is 13.0 Å². The zero-order valence-corrected chi connectivity index (χ0v) is 10.4. The molecule has 0 bridgehead atoms. The smallest absolute Gasteiger partial charge is 0.383 e. The number of alkyl halides is 4. The van der Waals surface area contributed by atoms with Crippen molar-refractivity contribution < 1.29 is 17.9 Å². The third kappa shape index (κ3) is 10.5. The van der Waals surface area contributed by atoms with Crippen molar-refractivity contribution in [1.82, 2.24) is 4.90 Å². The summed E-state index contributed by atoms with van der Waals surface area (Å²) in [6.07, 6.45) is -4.60. The van der Waals surface area contributed by atoms with Crippen molar-refractivity contribution in [3.63, 3.8) is 0 Å². The first-order chi connectivity index (χ1) is 6.99. The molecule has 0 atom stereocenters. The van der Waals surface area contributed by atoms with Crippen LogP contribution in [0.5, 0.6) is 0 Å². The average molecular weight is 292 g/mol. The second-order valence-corrected chi connectivity index (χ2v) is 4.04. The Morgan fingerprint density at radius 1 is 1.20 bits per heavy atom. The Balaban J connectivity index is 3.65. The molecule has 0 saturated carbocycles. The monoisotopic (exact) mass is 291 g/mol. The van der Waals surface area contributed by atoms with Crippen molar-refractivity contribution in [2.75, 3.05) is 38.7 Å². The van der Waals surface area contributed by atoms with Crippen LogP contribution in [0.3, 0.4) is 0 Å². The molecule has 0 N–H and O–H groups in total. The minimum Gasteiger partial charge on any atom is -0.383 e. The number of rotatable bonds is 8. The van der Waals surface area contributed by atoms with E-state index in [-0.39, 0.29) is 6.42 Å². The lowest BCUT2D eigenvalue weighted by molar-refractivity contribution is -0.136. The second kappa shape index (κ2) is 8.35. The van der Waals surface area contributed by atoms with Crippen molar-refractivity contribution >= 4 is 15.9 Å². The highest BCUT2D eigenvalue weighted by Crippen LogP contribution is 2.21. The Hall–Kier alpha value is 0.190. The van der Waals surface area contributed by atoms with E-state index in [1.807, 2.05) is 4.90 Å². The standard InChI is InChI=1S/C9H17BrF3NO/c1-15-8-7-14(6-4-10)5-2-3-9(11,12)13/h2-8H2,1H3. The van der Waals surface area contributed by atoms with Crippen LogP contribution in [0, 0.1) is 0 Å². The van der Waals surface area contributed by atoms with E-state index in [4.69, 9.17) is 4.74 Å². The quantitative estimate of drug-likeness (QED) is 0.638. The van der Waals surface area contributed by atoms with Crippen LogP contribution >= 0.6 is 15.9 Å². The Labute approximate surface area is 96.9 Å². The summed E-state index contributed by atoms with van der Waals surface area (Å²) in [6, 6.07) is 0. The van der Waals surface area contributed by atoms with Crippen LogP contribution in [0.15, 0.2) is 0 Å². The van der Waals surface area contributed by atoms with Gasteiger partial charge in [0, 0.05) is 32.0 Å². The van der Waals surface area contributed by atoms with Gasteiger partial charge in [0.1, 0.15) is 0 Å². The first-order valence-corrected chi connectivity index (χ1v) is 5.95. The number of hydrogen-bond donors (Lipinski definition) is 0. The van der Waals surface area contributed by atoms with Gasteiger partial charge in [-0.15, -0.1) is 0 Å². The molecule has 0 aromatic carbocycles. The second-order valence-electron chi connectivity index (χ2n) is 3.24. The van der Waals surface area contributed by atoms with Gasteiger partial charge in [-0.2, -0.15) is 13.2 Å². The van der Waals surface area contributed by atoms with Gasteiger partial charge in [-0.25, -0.2) is 0 Å². The first kappa shape index (κ1) is 15.2. The fraction of sp³-hybridized carbons (Fsp3) is 1.00. The van der Waals surface area contributed by atoms with Crippen molar-refractivity contribution in [3.05, 3.63) is 0 Å². The molecule has 0 spiro atoms. The van der Waals surface area contributed by atoms with Crippen molar-refractivity contribution in [1.29, 1.82) is 0 Å². The Morgan fingerprint density at radius 3 is 2.33 bits per heavy atom. The molecule has 0 amide bonds. The molecule has 0 aromatic rings. The summed E-state index contributed by atoms with van der Waals surface area (Å²) in [5, 5.41) is 0.767. The van der Waals surface area contributed by atoms with Crippen molar-refractivity contribution in [3.8, 4) is 0 Å². The molecule has 0 aliphatic rings. The topological polar surface area (TPSA) is 12.5 Å². The maximum atomic E-state index is 11.9. The molecule has 0 aliphatic carbocycles. The minimum atomic E-state index is -4.04. The normalized spacial score (nSPS) is 12.4. The van der Waals surface area contributed by atoms with Crippen molar-refractivity contribution in [2.45, 2.75) is 19.0 Å². The molecule has 15 heavy (non-hydrogen) atoms. The maximum absolute atomic E-state index is 11.9. The molecule has 6 heteroatoms. The Bertz CT molecular complexity index is 155. The van der Waals surface area contributed by atoms with E-state index in [0.717, 1.165) is 11.9 Å².